The number of hydrogen-bond acceptors (Lipinski definition) is 6. The molecule has 0 bridgehead atoms. The van der Waals surface area contributed by atoms with Crippen molar-refractivity contribution < 1.29 is 18.8 Å². The molecular weight excluding hydrogens is 384 g/mol. The van der Waals surface area contributed by atoms with E-state index in [1.165, 1.54) is 0 Å². The van der Waals surface area contributed by atoms with Gasteiger partial charge in [0.2, 0.25) is 17.6 Å². The van der Waals surface area contributed by atoms with Gasteiger partial charge in [-0.25, -0.2) is 0 Å². The Labute approximate surface area is 173 Å². The number of hydrogen-bond donors (Lipinski definition) is 1. The van der Waals surface area contributed by atoms with Crippen molar-refractivity contribution in [1.82, 2.24) is 20.4 Å². The Balaban J connectivity index is 1.49. The van der Waals surface area contributed by atoms with Crippen molar-refractivity contribution in [3.05, 3.63) is 77.4 Å². The van der Waals surface area contributed by atoms with E-state index in [0.717, 1.165) is 5.56 Å². The molecule has 1 aliphatic rings. The highest BCUT2D eigenvalue weighted by atomic mass is 16.5. The summed E-state index contributed by atoms with van der Waals surface area (Å²) in [6, 6.07) is 16.2. The molecule has 1 N–H and O–H groups in total. The lowest BCUT2D eigenvalue weighted by molar-refractivity contribution is -0.121. The van der Waals surface area contributed by atoms with Crippen LogP contribution in [0.2, 0.25) is 0 Å². The first-order valence-corrected chi connectivity index (χ1v) is 9.75. The number of benzene rings is 2. The first kappa shape index (κ1) is 19.6. The van der Waals surface area contributed by atoms with Gasteiger partial charge in [0.15, 0.2) is 6.61 Å². The van der Waals surface area contributed by atoms with Crippen LogP contribution in [0.3, 0.4) is 0 Å². The number of amides is 2. The largest absolute Gasteiger partial charge is 0.485 e. The van der Waals surface area contributed by atoms with Gasteiger partial charge in [-0.15, -0.1) is 0 Å². The van der Waals surface area contributed by atoms with Crippen molar-refractivity contribution >= 4 is 11.8 Å². The first-order chi connectivity index (χ1) is 14.6. The molecule has 8 nitrogen and oxygen atoms in total. The van der Waals surface area contributed by atoms with Gasteiger partial charge in [-0.3, -0.25) is 9.59 Å². The number of aromatic nitrogens is 2. The maximum absolute atomic E-state index is 13.2. The lowest BCUT2D eigenvalue weighted by Gasteiger charge is -2.29. The molecule has 0 spiro atoms. The molecule has 0 aliphatic carbocycles. The number of nitrogens with zero attached hydrogens (tertiary/aromatic N) is 3. The Morgan fingerprint density at radius 1 is 1.20 bits per heavy atom. The van der Waals surface area contributed by atoms with Crippen LogP contribution in [0, 0.1) is 6.92 Å². The van der Waals surface area contributed by atoms with E-state index in [-0.39, 0.29) is 30.9 Å². The van der Waals surface area contributed by atoms with Crippen molar-refractivity contribution in [3.63, 3.8) is 0 Å². The molecule has 0 saturated carbocycles. The molecule has 2 heterocycles. The van der Waals surface area contributed by atoms with Gasteiger partial charge in [0.1, 0.15) is 5.75 Å². The van der Waals surface area contributed by atoms with Gasteiger partial charge < -0.3 is 19.5 Å². The van der Waals surface area contributed by atoms with E-state index in [4.69, 9.17) is 9.26 Å². The third kappa shape index (κ3) is 4.48. The summed E-state index contributed by atoms with van der Waals surface area (Å²) < 4.78 is 10.6. The van der Waals surface area contributed by atoms with E-state index in [0.29, 0.717) is 36.1 Å². The fourth-order valence-corrected chi connectivity index (χ4v) is 3.45. The van der Waals surface area contributed by atoms with Crippen LogP contribution in [0.5, 0.6) is 5.75 Å². The second kappa shape index (κ2) is 8.77. The fraction of sp³-hybridized carbons (Fsp3) is 0.273. The molecule has 1 saturated heterocycles. The average molecular weight is 406 g/mol. The number of aryl methyl sites for hydroxylation is 1. The van der Waals surface area contributed by atoms with E-state index in [1.54, 1.807) is 36.1 Å². The SMILES string of the molecule is Cc1nc(COc2ccc(C(=O)N3CCNC(=O)C[C@H]3c3ccccc3)cc2)no1. The molecule has 0 radical (unpaired) electrons. The minimum Gasteiger partial charge on any atom is -0.485 e. The average Bonchev–Trinajstić information content (AvgIpc) is 3.09. The Hall–Kier alpha value is -3.68. The van der Waals surface area contributed by atoms with Crippen LogP contribution in [-0.4, -0.2) is 39.9 Å². The molecule has 8 heteroatoms. The van der Waals surface area contributed by atoms with Gasteiger partial charge in [0.05, 0.1) is 12.5 Å². The van der Waals surface area contributed by atoms with E-state index in [1.807, 2.05) is 30.3 Å². The molecule has 1 atom stereocenters. The zero-order valence-corrected chi connectivity index (χ0v) is 16.6. The molecule has 30 heavy (non-hydrogen) atoms. The molecule has 0 unspecified atom stereocenters. The summed E-state index contributed by atoms with van der Waals surface area (Å²) in [7, 11) is 0. The summed E-state index contributed by atoms with van der Waals surface area (Å²) in [5.74, 6) is 1.36. The summed E-state index contributed by atoms with van der Waals surface area (Å²) in [6.45, 7) is 2.77. The highest BCUT2D eigenvalue weighted by Gasteiger charge is 2.30. The molecule has 1 fully saturated rings. The quantitative estimate of drug-likeness (QED) is 0.700. The number of rotatable bonds is 5. The molecule has 1 aromatic heterocycles. The third-order valence-corrected chi connectivity index (χ3v) is 4.91. The maximum Gasteiger partial charge on any atom is 0.254 e. The molecule has 2 amide bonds. The fourth-order valence-electron chi connectivity index (χ4n) is 3.45. The van der Waals surface area contributed by atoms with Crippen molar-refractivity contribution in [3.8, 4) is 5.75 Å². The molecule has 4 rings (SSSR count). The highest BCUT2D eigenvalue weighted by molar-refractivity contribution is 5.95. The normalized spacial score (nSPS) is 16.6. The molecule has 2 aromatic carbocycles. The lowest BCUT2D eigenvalue weighted by atomic mass is 10.0. The maximum atomic E-state index is 13.2. The van der Waals surface area contributed by atoms with Crippen LogP contribution in [0.4, 0.5) is 0 Å². The van der Waals surface area contributed by atoms with Gasteiger partial charge in [-0.05, 0) is 29.8 Å². The van der Waals surface area contributed by atoms with Crippen LogP contribution in [0.1, 0.15) is 40.1 Å². The van der Waals surface area contributed by atoms with Crippen molar-refractivity contribution in [2.45, 2.75) is 26.0 Å². The number of carbonyl (C=O) groups is 2. The predicted molar refractivity (Wildman–Crippen MR) is 108 cm³/mol. The zero-order valence-electron chi connectivity index (χ0n) is 16.6. The molecule has 154 valence electrons. The van der Waals surface area contributed by atoms with Gasteiger partial charge in [0, 0.05) is 25.6 Å². The molecule has 1 aliphatic heterocycles. The second-order valence-corrected chi connectivity index (χ2v) is 7.02. The van der Waals surface area contributed by atoms with Gasteiger partial charge in [-0.2, -0.15) is 4.98 Å². The van der Waals surface area contributed by atoms with Gasteiger partial charge in [0.25, 0.3) is 5.91 Å². The summed E-state index contributed by atoms with van der Waals surface area (Å²) in [6.07, 6.45) is 0.237. The summed E-state index contributed by atoms with van der Waals surface area (Å²) in [5, 5.41) is 6.64. The van der Waals surface area contributed by atoms with Crippen LogP contribution < -0.4 is 10.1 Å². The van der Waals surface area contributed by atoms with Crippen LogP contribution in [0.25, 0.3) is 0 Å². The summed E-state index contributed by atoms with van der Waals surface area (Å²) >= 11 is 0. The lowest BCUT2D eigenvalue weighted by Crippen LogP contribution is -2.36. The Morgan fingerprint density at radius 2 is 1.97 bits per heavy atom. The monoisotopic (exact) mass is 406 g/mol. The van der Waals surface area contributed by atoms with Gasteiger partial charge in [-0.1, -0.05) is 35.5 Å². The van der Waals surface area contributed by atoms with Gasteiger partial charge >= 0.3 is 0 Å². The molecular formula is C22H22N4O4. The van der Waals surface area contributed by atoms with E-state index in [9.17, 15) is 9.59 Å². The summed E-state index contributed by atoms with van der Waals surface area (Å²) in [5.41, 5.74) is 1.48. The van der Waals surface area contributed by atoms with E-state index < -0.39 is 0 Å². The van der Waals surface area contributed by atoms with Crippen molar-refractivity contribution in [1.29, 1.82) is 0 Å². The minimum absolute atomic E-state index is 0.0559. The first-order valence-electron chi connectivity index (χ1n) is 9.75. The standard InChI is InChI=1S/C22H22N4O4/c1-15-24-20(25-30-15)14-29-18-9-7-17(8-10-18)22(28)26-12-11-23-21(27)13-19(26)16-5-3-2-4-6-16/h2-10,19H,11-14H2,1H3,(H,23,27)/t19-/m0/s1. The second-order valence-electron chi connectivity index (χ2n) is 7.02. The highest BCUT2D eigenvalue weighted by Crippen LogP contribution is 2.27. The van der Waals surface area contributed by atoms with Crippen LogP contribution in [0.15, 0.2) is 59.1 Å². The van der Waals surface area contributed by atoms with Crippen LogP contribution in [-0.2, 0) is 11.4 Å². The molecule has 3 aromatic rings. The van der Waals surface area contributed by atoms with E-state index >= 15 is 0 Å². The predicted octanol–water partition coefficient (Wildman–Crippen LogP) is 2.66. The Morgan fingerprint density at radius 3 is 2.67 bits per heavy atom. The third-order valence-electron chi connectivity index (χ3n) is 4.91. The Bertz CT molecular complexity index is 1020. The smallest absolute Gasteiger partial charge is 0.254 e. The van der Waals surface area contributed by atoms with Crippen LogP contribution >= 0.6 is 0 Å². The number of ether oxygens (including phenoxy) is 1. The number of carbonyl (C=O) groups excluding carboxylic acids is 2. The summed E-state index contributed by atoms with van der Waals surface area (Å²) in [4.78, 5) is 31.2. The minimum atomic E-state index is -0.307. The van der Waals surface area contributed by atoms with Crippen molar-refractivity contribution in [2.75, 3.05) is 13.1 Å². The zero-order chi connectivity index (χ0) is 20.9. The van der Waals surface area contributed by atoms with Crippen molar-refractivity contribution in [2.24, 2.45) is 0 Å². The number of nitrogens with one attached hydrogen (secondary N) is 1. The topological polar surface area (TPSA) is 97.6 Å². The van der Waals surface area contributed by atoms with E-state index in [2.05, 4.69) is 15.5 Å². The Kier molecular flexibility index (Phi) is 5.74.